The molecule has 5 rings (SSSR count). The predicted octanol–water partition coefficient (Wildman–Crippen LogP) is 8.95. The van der Waals surface area contributed by atoms with E-state index in [1.165, 1.54) is 33.4 Å². The van der Waals surface area contributed by atoms with E-state index in [1.807, 2.05) is 17.8 Å². The van der Waals surface area contributed by atoms with Gasteiger partial charge in [-0.2, -0.15) is 0 Å². The van der Waals surface area contributed by atoms with E-state index >= 15 is 0 Å². The second-order valence-corrected chi connectivity index (χ2v) is 12.2. The Morgan fingerprint density at radius 2 is 1.45 bits per heavy atom. The Morgan fingerprint density at radius 3 is 2.12 bits per heavy atom. The quantitative estimate of drug-likeness (QED) is 0.0533. The molecule has 0 saturated carbocycles. The van der Waals surface area contributed by atoms with Crippen molar-refractivity contribution in [3.05, 3.63) is 138 Å². The summed E-state index contributed by atoms with van der Waals surface area (Å²) in [6, 6.07) is 38.3. The van der Waals surface area contributed by atoms with Crippen molar-refractivity contribution in [2.75, 3.05) is 26.8 Å². The zero-order valence-electron chi connectivity index (χ0n) is 29.1. The molecule has 0 amide bonds. The van der Waals surface area contributed by atoms with Crippen LogP contribution in [0, 0.1) is 0 Å². The first-order chi connectivity index (χ1) is 24.0. The number of carbonyl (C=O) groups excluding carboxylic acids is 1. The molecule has 0 bridgehead atoms. The van der Waals surface area contributed by atoms with E-state index in [9.17, 15) is 4.79 Å². The lowest BCUT2D eigenvalue weighted by molar-refractivity contribution is -0.143. The summed E-state index contributed by atoms with van der Waals surface area (Å²) in [7, 11) is 2.12. The number of esters is 1. The minimum absolute atomic E-state index is 0.119. The van der Waals surface area contributed by atoms with Gasteiger partial charge in [0.15, 0.2) is 0 Å². The smallest absolute Gasteiger partial charge is 0.305 e. The summed E-state index contributed by atoms with van der Waals surface area (Å²) < 4.78 is 13.0. The van der Waals surface area contributed by atoms with Crippen molar-refractivity contribution in [2.24, 2.45) is 0 Å². The summed E-state index contributed by atoms with van der Waals surface area (Å²) in [5.41, 5.74) is 9.39. The average molecular weight is 657 g/mol. The van der Waals surface area contributed by atoms with Crippen molar-refractivity contribution in [1.82, 2.24) is 19.9 Å². The van der Waals surface area contributed by atoms with Gasteiger partial charge in [0.1, 0.15) is 18.1 Å². The van der Waals surface area contributed by atoms with Crippen LogP contribution < -0.4 is 4.74 Å². The second kappa shape index (κ2) is 18.5. The molecule has 0 saturated heterocycles. The van der Waals surface area contributed by atoms with E-state index in [0.29, 0.717) is 19.6 Å². The number of ether oxygens (including phenoxy) is 2. The fraction of sp³-hybridized carbons (Fsp3) is 0.310. The molecule has 0 aliphatic heterocycles. The van der Waals surface area contributed by atoms with Crippen molar-refractivity contribution in [3.63, 3.8) is 0 Å². The number of nitrogens with zero attached hydrogens (tertiary/aromatic N) is 4. The Hall–Kier alpha value is -5.01. The fourth-order valence-electron chi connectivity index (χ4n) is 5.99. The largest absolute Gasteiger partial charge is 0.492 e. The topological polar surface area (TPSA) is 69.5 Å². The van der Waals surface area contributed by atoms with Gasteiger partial charge in [-0.05, 0) is 78.8 Å². The Labute approximate surface area is 291 Å². The number of aromatic nitrogens is 3. The third-order valence-corrected chi connectivity index (χ3v) is 8.54. The first-order valence-corrected chi connectivity index (χ1v) is 17.4. The lowest BCUT2D eigenvalue weighted by atomic mass is 9.88. The number of allylic oxidation sites excluding steroid dienone is 1. The monoisotopic (exact) mass is 656 g/mol. The SMILES string of the molecule is CCOC(=O)CCCCCn1cc(-c2ccc(CN(C)CCOc3ccc(/C(=C(/CC)c4ccccc4)c4ccccc4)cc3)cc2)nn1. The lowest BCUT2D eigenvalue weighted by Crippen LogP contribution is -2.23. The molecule has 7 heteroatoms. The number of unbranched alkanes of at least 4 members (excludes halogenated alkanes) is 2. The number of benzene rings is 4. The van der Waals surface area contributed by atoms with Gasteiger partial charge in [-0.15, -0.1) is 5.10 Å². The zero-order chi connectivity index (χ0) is 34.3. The van der Waals surface area contributed by atoms with E-state index in [-0.39, 0.29) is 5.97 Å². The van der Waals surface area contributed by atoms with Crippen LogP contribution in [-0.4, -0.2) is 52.7 Å². The molecule has 0 fully saturated rings. The maximum atomic E-state index is 11.5. The van der Waals surface area contributed by atoms with Gasteiger partial charge in [-0.3, -0.25) is 14.4 Å². The van der Waals surface area contributed by atoms with Crippen molar-refractivity contribution in [3.8, 4) is 17.0 Å². The Kier molecular flexibility index (Phi) is 13.3. The van der Waals surface area contributed by atoms with Gasteiger partial charge in [0, 0.05) is 31.6 Å². The van der Waals surface area contributed by atoms with Crippen molar-refractivity contribution in [2.45, 2.75) is 59.0 Å². The van der Waals surface area contributed by atoms with Crippen LogP contribution >= 0.6 is 0 Å². The summed E-state index contributed by atoms with van der Waals surface area (Å²) in [5.74, 6) is 0.752. The number of likely N-dealkylation sites (N-methyl/N-ethyl adjacent to an activating group) is 1. The number of hydrogen-bond donors (Lipinski definition) is 0. The van der Waals surface area contributed by atoms with Gasteiger partial charge >= 0.3 is 5.97 Å². The average Bonchev–Trinajstić information content (AvgIpc) is 3.61. The molecule has 0 atom stereocenters. The fourth-order valence-corrected chi connectivity index (χ4v) is 5.99. The molecule has 7 nitrogen and oxygen atoms in total. The van der Waals surface area contributed by atoms with Crippen LogP contribution in [0.1, 0.15) is 68.2 Å². The minimum Gasteiger partial charge on any atom is -0.492 e. The van der Waals surface area contributed by atoms with Crippen LogP contribution in [-0.2, 0) is 22.6 Å². The number of aryl methyl sites for hydroxylation is 1. The Balaban J connectivity index is 1.10. The first-order valence-electron chi connectivity index (χ1n) is 17.4. The molecule has 0 aliphatic rings. The summed E-state index contributed by atoms with van der Waals surface area (Å²) in [6.07, 6.45) is 6.13. The molecule has 49 heavy (non-hydrogen) atoms. The lowest BCUT2D eigenvalue weighted by Gasteiger charge is -2.18. The van der Waals surface area contributed by atoms with Crippen LogP contribution in [0.15, 0.2) is 115 Å². The van der Waals surface area contributed by atoms with Gasteiger partial charge in [-0.25, -0.2) is 0 Å². The molecule has 254 valence electrons. The van der Waals surface area contributed by atoms with E-state index in [0.717, 1.165) is 62.3 Å². The summed E-state index contributed by atoms with van der Waals surface area (Å²) in [4.78, 5) is 13.7. The van der Waals surface area contributed by atoms with Crippen LogP contribution in [0.4, 0.5) is 0 Å². The highest BCUT2D eigenvalue weighted by Crippen LogP contribution is 2.35. The molecule has 0 aliphatic carbocycles. The van der Waals surface area contributed by atoms with Gasteiger partial charge in [0.25, 0.3) is 0 Å². The molecule has 1 aromatic heterocycles. The highest BCUT2D eigenvalue weighted by Gasteiger charge is 2.13. The van der Waals surface area contributed by atoms with Crippen molar-refractivity contribution in [1.29, 1.82) is 0 Å². The van der Waals surface area contributed by atoms with Crippen molar-refractivity contribution < 1.29 is 14.3 Å². The zero-order valence-corrected chi connectivity index (χ0v) is 29.1. The molecule has 0 spiro atoms. The van der Waals surface area contributed by atoms with Gasteiger partial charge in [0.2, 0.25) is 0 Å². The number of hydrogen-bond acceptors (Lipinski definition) is 6. The van der Waals surface area contributed by atoms with Crippen LogP contribution in [0.5, 0.6) is 5.75 Å². The summed E-state index contributed by atoms with van der Waals surface area (Å²) in [6.45, 7) is 7.51. The first kappa shape index (κ1) is 35.3. The normalized spacial score (nSPS) is 11.8. The molecule has 0 N–H and O–H groups in total. The molecule has 5 aromatic rings. The molecule has 0 radical (unpaired) electrons. The maximum Gasteiger partial charge on any atom is 0.305 e. The molecule has 1 heterocycles. The van der Waals surface area contributed by atoms with E-state index in [4.69, 9.17) is 9.47 Å². The maximum absolute atomic E-state index is 11.5. The summed E-state index contributed by atoms with van der Waals surface area (Å²) in [5, 5.41) is 8.65. The Bertz CT molecular complexity index is 1750. The minimum atomic E-state index is -0.119. The van der Waals surface area contributed by atoms with E-state index < -0.39 is 0 Å². The van der Waals surface area contributed by atoms with Crippen LogP contribution in [0.3, 0.4) is 0 Å². The number of carbonyl (C=O) groups is 1. The van der Waals surface area contributed by atoms with Gasteiger partial charge < -0.3 is 9.47 Å². The third kappa shape index (κ3) is 10.5. The van der Waals surface area contributed by atoms with Gasteiger partial charge in [-0.1, -0.05) is 116 Å². The summed E-state index contributed by atoms with van der Waals surface area (Å²) >= 11 is 0. The highest BCUT2D eigenvalue weighted by atomic mass is 16.5. The van der Waals surface area contributed by atoms with Crippen LogP contribution in [0.25, 0.3) is 22.4 Å². The van der Waals surface area contributed by atoms with E-state index in [1.54, 1.807) is 0 Å². The molecule has 0 unspecified atom stereocenters. The van der Waals surface area contributed by atoms with E-state index in [2.05, 4.69) is 138 Å². The predicted molar refractivity (Wildman–Crippen MR) is 198 cm³/mol. The second-order valence-electron chi connectivity index (χ2n) is 12.2. The standard InChI is InChI=1S/C42H48N4O3/c1-4-39(34-15-9-6-10-16-34)42(36-17-11-7-12-18-36)37-24-26-38(27-25-37)49-30-29-45(3)31-33-20-22-35(23-21-33)40-32-46(44-43-40)28-14-8-13-19-41(47)48-5-2/h6-7,9-12,15-18,20-27,32H,4-5,8,13-14,19,28-31H2,1-3H3/b42-39-. The highest BCUT2D eigenvalue weighted by molar-refractivity contribution is 5.98. The van der Waals surface area contributed by atoms with Crippen molar-refractivity contribution >= 4 is 17.1 Å². The molecular weight excluding hydrogens is 608 g/mol. The number of rotatable bonds is 18. The molecular formula is C42H48N4O3. The molecule has 4 aromatic carbocycles. The van der Waals surface area contributed by atoms with Crippen LogP contribution in [0.2, 0.25) is 0 Å². The third-order valence-electron chi connectivity index (χ3n) is 8.54. The van der Waals surface area contributed by atoms with Gasteiger partial charge in [0.05, 0.1) is 12.8 Å². The Morgan fingerprint density at radius 1 is 0.776 bits per heavy atom.